The summed E-state index contributed by atoms with van der Waals surface area (Å²) in [7, 11) is 0. The number of fused-ring (bicyclic) bond motifs is 1. The average molecular weight is 376 g/mol. The zero-order valence-corrected chi connectivity index (χ0v) is 14.4. The summed E-state index contributed by atoms with van der Waals surface area (Å²) in [5.74, 6) is -0.467. The number of nitrogens with one attached hydrogen (secondary N) is 1. The summed E-state index contributed by atoms with van der Waals surface area (Å²) in [5, 5.41) is 12.1. The van der Waals surface area contributed by atoms with E-state index in [1.165, 1.54) is 0 Å². The number of aliphatic imine (C=N–C) groups is 1. The fourth-order valence-electron chi connectivity index (χ4n) is 2.95. The van der Waals surface area contributed by atoms with E-state index in [1.807, 2.05) is 4.57 Å². The third kappa shape index (κ3) is 3.16. The summed E-state index contributed by atoms with van der Waals surface area (Å²) in [6.07, 6.45) is 5.32. The molecule has 2 aromatic heterocycles. The molecule has 0 radical (unpaired) electrons. The molecule has 0 spiro atoms. The van der Waals surface area contributed by atoms with Crippen molar-refractivity contribution in [2.24, 2.45) is 10.7 Å². The Morgan fingerprint density at radius 1 is 1.32 bits per heavy atom. The van der Waals surface area contributed by atoms with Crippen LogP contribution in [-0.2, 0) is 6.54 Å². The van der Waals surface area contributed by atoms with Gasteiger partial charge in [-0.15, -0.1) is 0 Å². The number of nitrogens with zero attached hydrogens (tertiary/aromatic N) is 6. The quantitative estimate of drug-likeness (QED) is 0.709. The molecule has 0 fully saturated rings. The molecule has 3 heterocycles. The second-order valence-electron chi connectivity index (χ2n) is 6.03. The number of imidazole rings is 1. The zero-order valence-electron chi connectivity index (χ0n) is 14.4. The van der Waals surface area contributed by atoms with Crippen LogP contribution >= 0.6 is 0 Å². The number of carbonyl (C=O) groups is 1. The highest BCUT2D eigenvalue weighted by Gasteiger charge is 2.24. The van der Waals surface area contributed by atoms with Crippen molar-refractivity contribution in [3.8, 4) is 6.07 Å². The summed E-state index contributed by atoms with van der Waals surface area (Å²) in [6, 6.07) is 6.58. The first-order valence-electron chi connectivity index (χ1n) is 8.23. The third-order valence-electron chi connectivity index (χ3n) is 4.25. The molecule has 1 amide bonds. The number of hydrogen-bond donors (Lipinski definition) is 2. The van der Waals surface area contributed by atoms with Crippen molar-refractivity contribution >= 4 is 17.4 Å². The molecule has 3 N–H and O–H groups in total. The van der Waals surface area contributed by atoms with Crippen LogP contribution in [0.5, 0.6) is 0 Å². The molecule has 0 bridgehead atoms. The van der Waals surface area contributed by atoms with Crippen LogP contribution in [0.4, 0.5) is 10.1 Å². The lowest BCUT2D eigenvalue weighted by Gasteiger charge is -2.22. The van der Waals surface area contributed by atoms with E-state index in [0.29, 0.717) is 29.2 Å². The summed E-state index contributed by atoms with van der Waals surface area (Å²) < 4.78 is 14.7. The Bertz CT molecular complexity index is 1130. The number of anilines is 1. The monoisotopic (exact) mass is 376 g/mol. The maximum atomic E-state index is 12.9. The molecule has 1 unspecified atom stereocenters. The lowest BCUT2D eigenvalue weighted by atomic mass is 9.99. The van der Waals surface area contributed by atoms with Crippen molar-refractivity contribution in [1.29, 1.82) is 5.26 Å². The predicted molar refractivity (Wildman–Crippen MR) is 96.8 cm³/mol. The predicted octanol–water partition coefficient (Wildman–Crippen LogP) is 1.40. The SMILES string of the molecule is N#Cc1ccc(NC(=O)c2cnc(F)cn2)cc1C1Cn2ccnc2C(N)=N1. The van der Waals surface area contributed by atoms with Crippen LogP contribution in [0, 0.1) is 17.3 Å². The Morgan fingerprint density at radius 2 is 2.18 bits per heavy atom. The van der Waals surface area contributed by atoms with Crippen molar-refractivity contribution in [2.45, 2.75) is 12.6 Å². The number of hydrogen-bond acceptors (Lipinski definition) is 7. The van der Waals surface area contributed by atoms with Crippen molar-refractivity contribution in [1.82, 2.24) is 19.5 Å². The lowest BCUT2D eigenvalue weighted by molar-refractivity contribution is 0.102. The number of halogens is 1. The second-order valence-corrected chi connectivity index (χ2v) is 6.03. The molecule has 0 saturated heterocycles. The molecular formula is C18H13FN8O. The van der Waals surface area contributed by atoms with Gasteiger partial charge in [0.25, 0.3) is 5.91 Å². The number of aromatic nitrogens is 4. The van der Waals surface area contributed by atoms with E-state index in [0.717, 1.165) is 12.4 Å². The van der Waals surface area contributed by atoms with E-state index in [1.54, 1.807) is 30.6 Å². The molecule has 1 aliphatic heterocycles. The first kappa shape index (κ1) is 17.3. The van der Waals surface area contributed by atoms with Gasteiger partial charge in [-0.1, -0.05) is 0 Å². The van der Waals surface area contributed by atoms with Crippen LogP contribution in [0.15, 0.2) is 48.0 Å². The standard InChI is InChI=1S/C18H13FN8O/c19-15-8-23-13(7-24-15)18(28)25-11-2-1-10(6-20)12(5-11)14-9-27-4-3-22-17(27)16(21)26-14/h1-5,7-8,14H,9H2,(H2,21,26)(H,25,28). The van der Waals surface area contributed by atoms with Crippen LogP contribution in [0.3, 0.4) is 0 Å². The van der Waals surface area contributed by atoms with Crippen molar-refractivity contribution in [3.05, 3.63) is 71.6 Å². The summed E-state index contributed by atoms with van der Waals surface area (Å²) >= 11 is 0. The van der Waals surface area contributed by atoms with Gasteiger partial charge in [-0.3, -0.25) is 9.79 Å². The van der Waals surface area contributed by atoms with Crippen LogP contribution in [0.2, 0.25) is 0 Å². The molecule has 0 saturated carbocycles. The van der Waals surface area contributed by atoms with Gasteiger partial charge >= 0.3 is 0 Å². The number of benzene rings is 1. The molecule has 1 atom stereocenters. The third-order valence-corrected chi connectivity index (χ3v) is 4.25. The fourth-order valence-corrected chi connectivity index (χ4v) is 2.95. The average Bonchev–Trinajstić information content (AvgIpc) is 3.17. The molecule has 138 valence electrons. The van der Waals surface area contributed by atoms with E-state index in [4.69, 9.17) is 5.73 Å². The largest absolute Gasteiger partial charge is 0.381 e. The molecule has 4 rings (SSSR count). The maximum Gasteiger partial charge on any atom is 0.275 e. The number of carbonyl (C=O) groups excluding carboxylic acids is 1. The van der Waals surface area contributed by atoms with Gasteiger partial charge in [0.1, 0.15) is 5.69 Å². The summed E-state index contributed by atoms with van der Waals surface area (Å²) in [4.78, 5) is 28.0. The van der Waals surface area contributed by atoms with E-state index in [2.05, 4.69) is 31.3 Å². The number of nitriles is 1. The van der Waals surface area contributed by atoms with Crippen LogP contribution in [0.1, 0.15) is 33.5 Å². The first-order valence-corrected chi connectivity index (χ1v) is 8.23. The Labute approximate surface area is 158 Å². The molecule has 10 heteroatoms. The Kier molecular flexibility index (Phi) is 4.25. The highest BCUT2D eigenvalue weighted by Crippen LogP contribution is 2.29. The number of amidine groups is 1. The Balaban J connectivity index is 1.64. The topological polar surface area (TPSA) is 135 Å². The minimum absolute atomic E-state index is 0.0321. The van der Waals surface area contributed by atoms with Crippen molar-refractivity contribution in [3.63, 3.8) is 0 Å². The van der Waals surface area contributed by atoms with Crippen molar-refractivity contribution < 1.29 is 9.18 Å². The minimum atomic E-state index is -0.774. The van der Waals surface area contributed by atoms with Gasteiger partial charge in [0, 0.05) is 18.1 Å². The van der Waals surface area contributed by atoms with Crippen LogP contribution in [-0.4, -0.2) is 31.3 Å². The van der Waals surface area contributed by atoms with Crippen LogP contribution in [0.25, 0.3) is 0 Å². The zero-order chi connectivity index (χ0) is 19.7. The summed E-state index contributed by atoms with van der Waals surface area (Å²) in [5.41, 5.74) is 7.43. The van der Waals surface area contributed by atoms with E-state index < -0.39 is 17.9 Å². The second kappa shape index (κ2) is 6.88. The molecule has 3 aromatic rings. The van der Waals surface area contributed by atoms with Gasteiger partial charge in [0.2, 0.25) is 5.95 Å². The maximum absolute atomic E-state index is 12.9. The van der Waals surface area contributed by atoms with Crippen molar-refractivity contribution in [2.75, 3.05) is 5.32 Å². The highest BCUT2D eigenvalue weighted by atomic mass is 19.1. The minimum Gasteiger partial charge on any atom is -0.381 e. The number of nitrogens with two attached hydrogens (primary N) is 1. The van der Waals surface area contributed by atoms with Gasteiger partial charge in [0.05, 0.1) is 36.6 Å². The van der Waals surface area contributed by atoms with Gasteiger partial charge < -0.3 is 15.6 Å². The fraction of sp³-hybridized carbons (Fsp3) is 0.111. The molecular weight excluding hydrogens is 363 g/mol. The van der Waals surface area contributed by atoms with Gasteiger partial charge in [-0.25, -0.2) is 15.0 Å². The number of amides is 1. The van der Waals surface area contributed by atoms with Crippen LogP contribution < -0.4 is 11.1 Å². The number of rotatable bonds is 3. The molecule has 1 aromatic carbocycles. The van der Waals surface area contributed by atoms with E-state index in [9.17, 15) is 14.4 Å². The Morgan fingerprint density at radius 3 is 2.93 bits per heavy atom. The molecule has 1 aliphatic rings. The van der Waals surface area contributed by atoms with E-state index in [-0.39, 0.29) is 11.5 Å². The summed E-state index contributed by atoms with van der Waals surface area (Å²) in [6.45, 7) is 0.464. The molecule has 0 aliphatic carbocycles. The molecule has 28 heavy (non-hydrogen) atoms. The lowest BCUT2D eigenvalue weighted by Crippen LogP contribution is -2.27. The van der Waals surface area contributed by atoms with Gasteiger partial charge in [0.15, 0.2) is 11.7 Å². The van der Waals surface area contributed by atoms with Gasteiger partial charge in [-0.05, 0) is 23.8 Å². The van der Waals surface area contributed by atoms with Gasteiger partial charge in [-0.2, -0.15) is 9.65 Å². The highest BCUT2D eigenvalue weighted by molar-refractivity contribution is 6.02. The Hall–Kier alpha value is -4.13. The normalized spacial score (nSPS) is 15.3. The first-order chi connectivity index (χ1) is 13.5. The van der Waals surface area contributed by atoms with E-state index >= 15 is 0 Å². The molecule has 9 nitrogen and oxygen atoms in total. The smallest absolute Gasteiger partial charge is 0.275 e.